The monoisotopic (exact) mass is 318 g/mol. The highest BCUT2D eigenvalue weighted by Crippen LogP contribution is 2.27. The average molecular weight is 319 g/mol. The highest BCUT2D eigenvalue weighted by molar-refractivity contribution is 5.32. The molecule has 0 bridgehead atoms. The Hall–Kier alpha value is -0.900. The third-order valence-corrected chi connectivity index (χ3v) is 4.95. The minimum atomic E-state index is 0.0372. The molecule has 1 N–H and O–H groups in total. The van der Waals surface area contributed by atoms with Crippen LogP contribution < -0.4 is 5.32 Å². The standard InChI is InChI=1S/C20H34N2O/c1-6-7-11-17-15-16-10-8-9-12-18(16)19(21-17)23-14-13-22(5)20(2,3)4/h8-10,12,17,19,21H,6-7,11,13-15H2,1-5H3. The number of unbranched alkanes of at least 4 members (excludes halogenated alkanes) is 1. The molecule has 0 radical (unpaired) electrons. The first-order chi connectivity index (χ1) is 10.9. The van der Waals surface area contributed by atoms with Crippen molar-refractivity contribution in [3.63, 3.8) is 0 Å². The first-order valence-electron chi connectivity index (χ1n) is 9.08. The van der Waals surface area contributed by atoms with E-state index in [4.69, 9.17) is 4.74 Å². The van der Waals surface area contributed by atoms with Gasteiger partial charge in [-0.3, -0.25) is 10.2 Å². The van der Waals surface area contributed by atoms with E-state index in [-0.39, 0.29) is 11.8 Å². The molecular weight excluding hydrogens is 284 g/mol. The molecule has 1 aliphatic heterocycles. The fraction of sp³-hybridized carbons (Fsp3) is 0.700. The summed E-state index contributed by atoms with van der Waals surface area (Å²) in [4.78, 5) is 2.34. The van der Waals surface area contributed by atoms with Gasteiger partial charge in [0.1, 0.15) is 6.23 Å². The summed E-state index contributed by atoms with van der Waals surface area (Å²) in [6, 6.07) is 9.26. The molecule has 2 unspecified atom stereocenters. The molecular formula is C20H34N2O. The van der Waals surface area contributed by atoms with Crippen molar-refractivity contribution in [2.75, 3.05) is 20.2 Å². The van der Waals surface area contributed by atoms with Crippen LogP contribution in [-0.2, 0) is 11.2 Å². The fourth-order valence-electron chi connectivity index (χ4n) is 3.02. The SMILES string of the molecule is CCCCC1Cc2ccccc2C(OCCN(C)C(C)(C)C)N1. The van der Waals surface area contributed by atoms with E-state index in [0.29, 0.717) is 6.04 Å². The lowest BCUT2D eigenvalue weighted by atomic mass is 9.92. The number of likely N-dealkylation sites (N-methyl/N-ethyl adjacent to an activating group) is 1. The van der Waals surface area contributed by atoms with Gasteiger partial charge in [0.2, 0.25) is 0 Å². The molecule has 0 saturated carbocycles. The summed E-state index contributed by atoms with van der Waals surface area (Å²) in [5, 5.41) is 3.72. The van der Waals surface area contributed by atoms with E-state index in [1.54, 1.807) is 0 Å². The molecule has 0 spiro atoms. The lowest BCUT2D eigenvalue weighted by Gasteiger charge is -2.35. The predicted molar refractivity (Wildman–Crippen MR) is 97.7 cm³/mol. The van der Waals surface area contributed by atoms with Crippen LogP contribution in [0, 0.1) is 0 Å². The largest absolute Gasteiger partial charge is 0.358 e. The van der Waals surface area contributed by atoms with Gasteiger partial charge >= 0.3 is 0 Å². The van der Waals surface area contributed by atoms with Crippen molar-refractivity contribution < 1.29 is 4.74 Å². The maximum atomic E-state index is 6.23. The van der Waals surface area contributed by atoms with Crippen LogP contribution in [0.5, 0.6) is 0 Å². The molecule has 23 heavy (non-hydrogen) atoms. The molecule has 0 aliphatic carbocycles. The van der Waals surface area contributed by atoms with Crippen LogP contribution in [0.3, 0.4) is 0 Å². The van der Waals surface area contributed by atoms with Crippen LogP contribution in [0.15, 0.2) is 24.3 Å². The van der Waals surface area contributed by atoms with Crippen molar-refractivity contribution in [3.05, 3.63) is 35.4 Å². The van der Waals surface area contributed by atoms with Gasteiger partial charge in [-0.2, -0.15) is 0 Å². The first-order valence-corrected chi connectivity index (χ1v) is 9.08. The third kappa shape index (κ3) is 5.30. The molecule has 0 saturated heterocycles. The molecule has 1 aromatic rings. The topological polar surface area (TPSA) is 24.5 Å². The molecule has 0 aromatic heterocycles. The average Bonchev–Trinajstić information content (AvgIpc) is 2.51. The summed E-state index contributed by atoms with van der Waals surface area (Å²) >= 11 is 0. The first kappa shape index (κ1) is 18.4. The van der Waals surface area contributed by atoms with Crippen LogP contribution in [0.2, 0.25) is 0 Å². The summed E-state index contributed by atoms with van der Waals surface area (Å²) in [6.07, 6.45) is 4.92. The zero-order chi connectivity index (χ0) is 16.9. The van der Waals surface area contributed by atoms with Crippen molar-refractivity contribution in [2.45, 2.75) is 71.2 Å². The van der Waals surface area contributed by atoms with Gasteiger partial charge in [0.25, 0.3) is 0 Å². The Kier molecular flexibility index (Phi) is 6.63. The number of nitrogens with one attached hydrogen (secondary N) is 1. The maximum Gasteiger partial charge on any atom is 0.134 e. The zero-order valence-corrected chi connectivity index (χ0v) is 15.6. The van der Waals surface area contributed by atoms with E-state index in [1.807, 2.05) is 0 Å². The number of hydrogen-bond donors (Lipinski definition) is 1. The molecule has 0 amide bonds. The number of benzene rings is 1. The summed E-state index contributed by atoms with van der Waals surface area (Å²) < 4.78 is 6.23. The van der Waals surface area contributed by atoms with Crippen LogP contribution in [0.25, 0.3) is 0 Å². The van der Waals surface area contributed by atoms with Crippen molar-refractivity contribution in [1.29, 1.82) is 0 Å². The van der Waals surface area contributed by atoms with E-state index in [2.05, 4.69) is 69.2 Å². The Bertz CT molecular complexity index is 481. The highest BCUT2D eigenvalue weighted by atomic mass is 16.5. The Morgan fingerprint density at radius 1 is 1.26 bits per heavy atom. The van der Waals surface area contributed by atoms with Crippen LogP contribution in [0.4, 0.5) is 0 Å². The molecule has 1 heterocycles. The third-order valence-electron chi connectivity index (χ3n) is 4.95. The Morgan fingerprint density at radius 2 is 2.00 bits per heavy atom. The van der Waals surface area contributed by atoms with Gasteiger partial charge in [0, 0.05) is 18.1 Å². The van der Waals surface area contributed by atoms with Gasteiger partial charge in [-0.15, -0.1) is 0 Å². The number of hydrogen-bond acceptors (Lipinski definition) is 3. The van der Waals surface area contributed by atoms with E-state index in [9.17, 15) is 0 Å². The quantitative estimate of drug-likeness (QED) is 0.818. The van der Waals surface area contributed by atoms with Crippen LogP contribution >= 0.6 is 0 Å². The molecule has 1 aromatic carbocycles. The number of rotatable bonds is 7. The van der Waals surface area contributed by atoms with Crippen molar-refractivity contribution in [3.8, 4) is 0 Å². The van der Waals surface area contributed by atoms with Gasteiger partial charge < -0.3 is 4.74 Å². The Balaban J connectivity index is 1.96. The summed E-state index contributed by atoms with van der Waals surface area (Å²) in [6.45, 7) is 10.7. The molecule has 1 aliphatic rings. The fourth-order valence-corrected chi connectivity index (χ4v) is 3.02. The molecule has 3 heteroatoms. The van der Waals surface area contributed by atoms with Crippen molar-refractivity contribution >= 4 is 0 Å². The number of fused-ring (bicyclic) bond motifs is 1. The molecule has 130 valence electrons. The molecule has 2 atom stereocenters. The van der Waals surface area contributed by atoms with Crippen molar-refractivity contribution in [1.82, 2.24) is 10.2 Å². The number of ether oxygens (including phenoxy) is 1. The highest BCUT2D eigenvalue weighted by Gasteiger charge is 2.26. The van der Waals surface area contributed by atoms with Crippen molar-refractivity contribution in [2.24, 2.45) is 0 Å². The van der Waals surface area contributed by atoms with Gasteiger partial charge in [0.05, 0.1) is 6.61 Å². The minimum absolute atomic E-state index is 0.0372. The van der Waals surface area contributed by atoms with Gasteiger partial charge in [0.15, 0.2) is 0 Å². The van der Waals surface area contributed by atoms with Gasteiger partial charge in [-0.25, -0.2) is 0 Å². The second-order valence-electron chi connectivity index (χ2n) is 7.75. The van der Waals surface area contributed by atoms with E-state index >= 15 is 0 Å². The predicted octanol–water partition coefficient (Wildman–Crippen LogP) is 4.14. The normalized spacial score (nSPS) is 21.5. The molecule has 2 rings (SSSR count). The van der Waals surface area contributed by atoms with Crippen LogP contribution in [-0.4, -0.2) is 36.7 Å². The van der Waals surface area contributed by atoms with Crippen LogP contribution in [0.1, 0.15) is 64.3 Å². The maximum absolute atomic E-state index is 6.23. The smallest absolute Gasteiger partial charge is 0.134 e. The van der Waals surface area contributed by atoms with E-state index in [1.165, 1.54) is 30.4 Å². The summed E-state index contributed by atoms with van der Waals surface area (Å²) in [5.41, 5.74) is 2.95. The second kappa shape index (κ2) is 8.27. The zero-order valence-electron chi connectivity index (χ0n) is 15.6. The van der Waals surface area contributed by atoms with E-state index < -0.39 is 0 Å². The lowest BCUT2D eigenvalue weighted by Crippen LogP contribution is -2.43. The lowest BCUT2D eigenvalue weighted by molar-refractivity contribution is -0.00477. The van der Waals surface area contributed by atoms with Gasteiger partial charge in [-0.1, -0.05) is 44.0 Å². The molecule has 0 fully saturated rings. The van der Waals surface area contributed by atoms with E-state index in [0.717, 1.165) is 19.6 Å². The summed E-state index contributed by atoms with van der Waals surface area (Å²) in [7, 11) is 2.16. The second-order valence-corrected chi connectivity index (χ2v) is 7.75. The number of nitrogens with zero attached hydrogens (tertiary/aromatic N) is 1. The molecule has 3 nitrogen and oxygen atoms in total. The summed E-state index contributed by atoms with van der Waals surface area (Å²) in [5.74, 6) is 0. The minimum Gasteiger partial charge on any atom is -0.358 e. The Morgan fingerprint density at radius 3 is 2.70 bits per heavy atom. The van der Waals surface area contributed by atoms with Gasteiger partial charge in [-0.05, 0) is 51.8 Å². The Labute approximate surface area is 142 Å².